The summed E-state index contributed by atoms with van der Waals surface area (Å²) in [5.74, 6) is -0.498. The molecule has 1 aromatic carbocycles. The predicted octanol–water partition coefficient (Wildman–Crippen LogP) is 1.20. The maximum atomic E-state index is 11.7. The fourth-order valence-corrected chi connectivity index (χ4v) is 2.40. The normalized spacial score (nSPS) is 16.9. The minimum Gasteiger partial charge on any atom is -0.461 e. The maximum absolute atomic E-state index is 11.7. The minimum absolute atomic E-state index is 0.00707. The van der Waals surface area contributed by atoms with Gasteiger partial charge in [0.25, 0.3) is 0 Å². The molecule has 1 N–H and O–H groups in total. The molecule has 0 spiro atoms. The molecule has 23 heavy (non-hydrogen) atoms. The van der Waals surface area contributed by atoms with Gasteiger partial charge in [0.1, 0.15) is 25.0 Å². The molecular weight excluding hydrogens is 298 g/mol. The van der Waals surface area contributed by atoms with Crippen LogP contribution in [0, 0.1) is 0 Å². The Bertz CT molecular complexity index is 630. The minimum atomic E-state index is -0.750. The second-order valence-corrected chi connectivity index (χ2v) is 6.52. The number of cyclic esters (lactones) is 1. The number of benzene rings is 1. The summed E-state index contributed by atoms with van der Waals surface area (Å²) in [6, 6.07) is 7.03. The van der Waals surface area contributed by atoms with Gasteiger partial charge in [0, 0.05) is 5.56 Å². The molecule has 0 fully saturated rings. The fraction of sp³-hybridized carbons (Fsp3) is 0.412. The molecular formula is C17H22NO5+. The molecule has 1 aliphatic rings. The zero-order chi connectivity index (χ0) is 17.0. The molecule has 0 aliphatic carbocycles. The Morgan fingerprint density at radius 3 is 2.61 bits per heavy atom. The Kier molecular flexibility index (Phi) is 5.18. The Hall–Kier alpha value is -2.18. The van der Waals surface area contributed by atoms with Gasteiger partial charge in [0.05, 0.1) is 33.1 Å². The molecule has 1 heterocycles. The van der Waals surface area contributed by atoms with Gasteiger partial charge in [-0.25, -0.2) is 4.79 Å². The second-order valence-electron chi connectivity index (χ2n) is 6.52. The maximum Gasteiger partial charge on any atom is 0.344 e. The Morgan fingerprint density at radius 1 is 1.30 bits per heavy atom. The number of aliphatic hydroxyl groups is 1. The molecule has 6 heteroatoms. The molecule has 0 saturated carbocycles. The smallest absolute Gasteiger partial charge is 0.344 e. The lowest BCUT2D eigenvalue weighted by Gasteiger charge is -2.26. The third-order valence-corrected chi connectivity index (χ3v) is 3.29. The molecule has 0 bridgehead atoms. The SMILES string of the molecule is C[N+](C)(C)CC(O)CC(=O)OC/C=C1\OC(=O)c2ccccc21. The van der Waals surface area contributed by atoms with Gasteiger partial charge in [-0.3, -0.25) is 4.79 Å². The average Bonchev–Trinajstić information content (AvgIpc) is 2.74. The standard InChI is InChI=1S/C17H22NO5/c1-18(2,3)11-12(19)10-16(20)22-9-8-15-13-6-4-5-7-14(13)17(21)23-15/h4-8,12,19H,9-11H2,1-3H3/q+1/b15-8-. The van der Waals surface area contributed by atoms with Crippen LogP contribution in [0.1, 0.15) is 22.3 Å². The van der Waals surface area contributed by atoms with E-state index in [1.165, 1.54) is 0 Å². The largest absolute Gasteiger partial charge is 0.461 e. The number of esters is 2. The summed E-state index contributed by atoms with van der Waals surface area (Å²) in [5.41, 5.74) is 1.20. The first-order valence-corrected chi connectivity index (χ1v) is 7.42. The molecule has 1 atom stereocenters. The predicted molar refractivity (Wildman–Crippen MR) is 84.3 cm³/mol. The van der Waals surface area contributed by atoms with Crippen LogP contribution in [0.4, 0.5) is 0 Å². The van der Waals surface area contributed by atoms with Crippen molar-refractivity contribution in [3.05, 3.63) is 41.5 Å². The van der Waals surface area contributed by atoms with E-state index in [0.29, 0.717) is 27.9 Å². The first-order chi connectivity index (χ1) is 10.8. The van der Waals surface area contributed by atoms with Crippen LogP contribution in [0.5, 0.6) is 0 Å². The van der Waals surface area contributed by atoms with Crippen LogP contribution < -0.4 is 0 Å². The molecule has 1 aliphatic heterocycles. The number of hydrogen-bond acceptors (Lipinski definition) is 5. The van der Waals surface area contributed by atoms with Crippen LogP contribution in [-0.4, -0.2) is 61.9 Å². The zero-order valence-corrected chi connectivity index (χ0v) is 13.6. The van der Waals surface area contributed by atoms with E-state index in [1.807, 2.05) is 27.2 Å². The number of carbonyl (C=O) groups excluding carboxylic acids is 2. The lowest BCUT2D eigenvalue weighted by Crippen LogP contribution is -2.42. The number of aliphatic hydroxyl groups excluding tert-OH is 1. The number of hydrogen-bond donors (Lipinski definition) is 1. The number of quaternary nitrogens is 1. The van der Waals surface area contributed by atoms with Crippen molar-refractivity contribution in [2.45, 2.75) is 12.5 Å². The highest BCUT2D eigenvalue weighted by atomic mass is 16.5. The van der Waals surface area contributed by atoms with Crippen molar-refractivity contribution in [2.75, 3.05) is 34.3 Å². The molecule has 0 radical (unpaired) electrons. The van der Waals surface area contributed by atoms with E-state index >= 15 is 0 Å². The highest BCUT2D eigenvalue weighted by molar-refractivity contribution is 6.02. The van der Waals surface area contributed by atoms with Crippen molar-refractivity contribution in [2.24, 2.45) is 0 Å². The second kappa shape index (κ2) is 6.93. The molecule has 1 unspecified atom stereocenters. The summed E-state index contributed by atoms with van der Waals surface area (Å²) in [7, 11) is 5.81. The third-order valence-electron chi connectivity index (χ3n) is 3.29. The topological polar surface area (TPSA) is 72.8 Å². The van der Waals surface area contributed by atoms with Crippen molar-refractivity contribution in [1.82, 2.24) is 0 Å². The molecule has 124 valence electrons. The third kappa shape index (κ3) is 4.91. The van der Waals surface area contributed by atoms with E-state index in [2.05, 4.69) is 0 Å². The summed E-state index contributed by atoms with van der Waals surface area (Å²) in [4.78, 5) is 23.3. The van der Waals surface area contributed by atoms with E-state index in [9.17, 15) is 14.7 Å². The molecule has 0 saturated heterocycles. The summed E-state index contributed by atoms with van der Waals surface area (Å²) in [6.45, 7) is 0.452. The van der Waals surface area contributed by atoms with Crippen molar-refractivity contribution in [3.8, 4) is 0 Å². The van der Waals surface area contributed by atoms with E-state index < -0.39 is 18.0 Å². The highest BCUT2D eigenvalue weighted by Gasteiger charge is 2.25. The Labute approximate surface area is 135 Å². The summed E-state index contributed by atoms with van der Waals surface area (Å²) in [5, 5.41) is 9.83. The monoisotopic (exact) mass is 320 g/mol. The van der Waals surface area contributed by atoms with E-state index in [4.69, 9.17) is 9.47 Å². The number of nitrogens with zero attached hydrogens (tertiary/aromatic N) is 1. The molecule has 0 aromatic heterocycles. The first kappa shape index (κ1) is 17.2. The van der Waals surface area contributed by atoms with Crippen molar-refractivity contribution in [3.63, 3.8) is 0 Å². The van der Waals surface area contributed by atoms with E-state index in [1.54, 1.807) is 24.3 Å². The van der Waals surface area contributed by atoms with E-state index in [0.717, 1.165) is 0 Å². The van der Waals surface area contributed by atoms with Crippen molar-refractivity contribution in [1.29, 1.82) is 0 Å². The molecule has 6 nitrogen and oxygen atoms in total. The fourth-order valence-electron chi connectivity index (χ4n) is 2.40. The van der Waals surface area contributed by atoms with Gasteiger partial charge in [-0.05, 0) is 12.1 Å². The van der Waals surface area contributed by atoms with Gasteiger partial charge < -0.3 is 19.1 Å². The van der Waals surface area contributed by atoms with Crippen molar-refractivity contribution >= 4 is 17.7 Å². The molecule has 0 amide bonds. The van der Waals surface area contributed by atoms with Crippen LogP contribution in [0.15, 0.2) is 30.3 Å². The van der Waals surface area contributed by atoms with Crippen LogP contribution in [0.25, 0.3) is 5.76 Å². The summed E-state index contributed by atoms with van der Waals surface area (Å²) in [6.07, 6.45) is 0.739. The van der Waals surface area contributed by atoms with Gasteiger partial charge >= 0.3 is 11.9 Å². The Morgan fingerprint density at radius 2 is 1.96 bits per heavy atom. The summed E-state index contributed by atoms with van der Waals surface area (Å²) >= 11 is 0. The molecule has 2 rings (SSSR count). The average molecular weight is 320 g/mol. The van der Waals surface area contributed by atoms with Gasteiger partial charge in [0.15, 0.2) is 0 Å². The van der Waals surface area contributed by atoms with Crippen LogP contribution in [0.2, 0.25) is 0 Å². The van der Waals surface area contributed by atoms with Gasteiger partial charge in [-0.15, -0.1) is 0 Å². The number of carbonyl (C=O) groups is 2. The number of fused-ring (bicyclic) bond motifs is 1. The van der Waals surface area contributed by atoms with Crippen LogP contribution in [0.3, 0.4) is 0 Å². The zero-order valence-electron chi connectivity index (χ0n) is 13.6. The van der Waals surface area contributed by atoms with Crippen molar-refractivity contribution < 1.29 is 28.7 Å². The highest BCUT2D eigenvalue weighted by Crippen LogP contribution is 2.28. The number of rotatable bonds is 6. The van der Waals surface area contributed by atoms with Crippen LogP contribution >= 0.6 is 0 Å². The molecule has 1 aromatic rings. The van der Waals surface area contributed by atoms with Gasteiger partial charge in [0.2, 0.25) is 0 Å². The van der Waals surface area contributed by atoms with Gasteiger partial charge in [-0.1, -0.05) is 18.2 Å². The first-order valence-electron chi connectivity index (χ1n) is 7.42. The summed E-state index contributed by atoms with van der Waals surface area (Å²) < 4.78 is 10.8. The number of ether oxygens (including phenoxy) is 2. The van der Waals surface area contributed by atoms with Crippen LogP contribution in [-0.2, 0) is 14.3 Å². The lowest BCUT2D eigenvalue weighted by molar-refractivity contribution is -0.873. The Balaban J connectivity index is 1.86. The van der Waals surface area contributed by atoms with Gasteiger partial charge in [-0.2, -0.15) is 0 Å². The quantitative estimate of drug-likeness (QED) is 0.630. The number of likely N-dealkylation sites (N-methyl/N-ethyl adjacent to an activating group) is 1. The lowest BCUT2D eigenvalue weighted by atomic mass is 10.1. The van der Waals surface area contributed by atoms with E-state index in [-0.39, 0.29) is 13.0 Å².